The molecule has 1 aliphatic heterocycles. The zero-order chi connectivity index (χ0) is 16.2. The van der Waals surface area contributed by atoms with Crippen molar-refractivity contribution in [2.24, 2.45) is 11.8 Å². The maximum Gasteiger partial charge on any atom is 0.251 e. The van der Waals surface area contributed by atoms with Crippen molar-refractivity contribution in [1.29, 1.82) is 0 Å². The van der Waals surface area contributed by atoms with E-state index in [1.54, 1.807) is 12.1 Å². The Morgan fingerprint density at radius 1 is 1.26 bits per heavy atom. The Hall–Kier alpha value is -1.88. The molecule has 0 unspecified atom stereocenters. The van der Waals surface area contributed by atoms with Crippen molar-refractivity contribution in [3.8, 4) is 0 Å². The molecule has 3 rings (SSSR count). The fraction of sp³-hybridized carbons (Fsp3) is 0.556. The van der Waals surface area contributed by atoms with E-state index < -0.39 is 0 Å². The lowest BCUT2D eigenvalue weighted by molar-refractivity contribution is -0.117. The molecule has 2 fully saturated rings. The third-order valence-corrected chi connectivity index (χ3v) is 4.61. The quantitative estimate of drug-likeness (QED) is 0.875. The molecule has 1 heterocycles. The number of benzene rings is 1. The number of carbonyl (C=O) groups is 2. The minimum atomic E-state index is -0.0688. The number of nitrogens with zero attached hydrogens (tertiary/aromatic N) is 1. The van der Waals surface area contributed by atoms with Crippen LogP contribution in [0.4, 0.5) is 5.69 Å². The largest absolute Gasteiger partial charge is 0.352 e. The normalized spacial score (nSPS) is 21.7. The number of hydrogen-bond donors (Lipinski definition) is 2. The highest BCUT2D eigenvalue weighted by atomic mass is 16.2. The van der Waals surface area contributed by atoms with Gasteiger partial charge in [0.05, 0.1) is 0 Å². The van der Waals surface area contributed by atoms with E-state index in [2.05, 4.69) is 22.6 Å². The highest BCUT2D eigenvalue weighted by molar-refractivity contribution is 5.98. The lowest BCUT2D eigenvalue weighted by Gasteiger charge is -2.29. The van der Waals surface area contributed by atoms with E-state index in [1.807, 2.05) is 12.1 Å². The standard InChI is InChI=1S/C18H25N3O2/c1-21-9-3-4-13(12-21)11-19-17(22)15-5-2-6-16(10-15)20-18(23)14-7-8-14/h2,5-6,10,13-14H,3-4,7-9,11-12H2,1H3,(H,19,22)(H,20,23)/t13-/m0/s1. The first-order valence-electron chi connectivity index (χ1n) is 8.49. The minimum Gasteiger partial charge on any atom is -0.352 e. The Bertz CT molecular complexity index is 583. The van der Waals surface area contributed by atoms with E-state index in [1.165, 1.54) is 12.8 Å². The molecule has 0 spiro atoms. The van der Waals surface area contributed by atoms with Gasteiger partial charge in [0.25, 0.3) is 5.91 Å². The highest BCUT2D eigenvalue weighted by Crippen LogP contribution is 2.30. The van der Waals surface area contributed by atoms with E-state index in [-0.39, 0.29) is 17.7 Å². The van der Waals surface area contributed by atoms with Crippen LogP contribution in [-0.4, -0.2) is 43.4 Å². The maximum atomic E-state index is 12.3. The van der Waals surface area contributed by atoms with Gasteiger partial charge in [0.2, 0.25) is 5.91 Å². The molecule has 23 heavy (non-hydrogen) atoms. The topological polar surface area (TPSA) is 61.4 Å². The molecule has 2 amide bonds. The van der Waals surface area contributed by atoms with Crippen LogP contribution in [-0.2, 0) is 4.79 Å². The second-order valence-electron chi connectivity index (χ2n) is 6.82. The molecule has 1 aromatic carbocycles. The van der Waals surface area contributed by atoms with E-state index in [0.717, 1.165) is 25.9 Å². The summed E-state index contributed by atoms with van der Waals surface area (Å²) in [4.78, 5) is 26.4. The second kappa shape index (κ2) is 7.13. The monoisotopic (exact) mass is 315 g/mol. The minimum absolute atomic E-state index is 0.0628. The number of carbonyl (C=O) groups excluding carboxylic acids is 2. The van der Waals surface area contributed by atoms with Gasteiger partial charge in [0, 0.05) is 30.3 Å². The summed E-state index contributed by atoms with van der Waals surface area (Å²) in [6, 6.07) is 7.18. The summed E-state index contributed by atoms with van der Waals surface area (Å²) in [5.74, 6) is 0.680. The Balaban J connectivity index is 1.53. The summed E-state index contributed by atoms with van der Waals surface area (Å²) in [5, 5.41) is 5.91. The summed E-state index contributed by atoms with van der Waals surface area (Å²) in [7, 11) is 2.13. The molecular formula is C18H25N3O2. The molecule has 0 aromatic heterocycles. The molecule has 2 N–H and O–H groups in total. The van der Waals surface area contributed by atoms with Crippen LogP contribution in [0.3, 0.4) is 0 Å². The zero-order valence-corrected chi connectivity index (χ0v) is 13.7. The van der Waals surface area contributed by atoms with Crippen molar-refractivity contribution in [3.05, 3.63) is 29.8 Å². The van der Waals surface area contributed by atoms with Crippen LogP contribution in [0.1, 0.15) is 36.0 Å². The summed E-state index contributed by atoms with van der Waals surface area (Å²) in [6.45, 7) is 2.90. The molecule has 124 valence electrons. The summed E-state index contributed by atoms with van der Waals surface area (Å²) in [5.41, 5.74) is 1.30. The predicted octanol–water partition coefficient (Wildman–Crippen LogP) is 2.11. The van der Waals surface area contributed by atoms with Gasteiger partial charge in [-0.25, -0.2) is 0 Å². The van der Waals surface area contributed by atoms with Crippen LogP contribution in [0, 0.1) is 11.8 Å². The average molecular weight is 315 g/mol. The van der Waals surface area contributed by atoms with E-state index in [0.29, 0.717) is 23.7 Å². The van der Waals surface area contributed by atoms with Crippen molar-refractivity contribution >= 4 is 17.5 Å². The van der Waals surface area contributed by atoms with Gasteiger partial charge in [-0.3, -0.25) is 9.59 Å². The molecular weight excluding hydrogens is 290 g/mol. The number of rotatable bonds is 5. The fourth-order valence-electron chi connectivity index (χ4n) is 3.11. The van der Waals surface area contributed by atoms with E-state index >= 15 is 0 Å². The van der Waals surface area contributed by atoms with Gasteiger partial charge in [0.15, 0.2) is 0 Å². The third kappa shape index (κ3) is 4.55. The van der Waals surface area contributed by atoms with Gasteiger partial charge in [0.1, 0.15) is 0 Å². The van der Waals surface area contributed by atoms with Crippen LogP contribution in [0.5, 0.6) is 0 Å². The van der Waals surface area contributed by atoms with E-state index in [4.69, 9.17) is 0 Å². The van der Waals surface area contributed by atoms with Gasteiger partial charge in [-0.05, 0) is 63.4 Å². The van der Waals surface area contributed by atoms with Crippen LogP contribution in [0.15, 0.2) is 24.3 Å². The van der Waals surface area contributed by atoms with Gasteiger partial charge in [-0.2, -0.15) is 0 Å². The first-order chi connectivity index (χ1) is 11.1. The van der Waals surface area contributed by atoms with Crippen LogP contribution in [0.25, 0.3) is 0 Å². The van der Waals surface area contributed by atoms with Crippen LogP contribution >= 0.6 is 0 Å². The fourth-order valence-corrected chi connectivity index (χ4v) is 3.11. The molecule has 0 radical (unpaired) electrons. The first kappa shape index (κ1) is 16.0. The second-order valence-corrected chi connectivity index (χ2v) is 6.82. The van der Waals surface area contributed by atoms with Gasteiger partial charge >= 0.3 is 0 Å². The van der Waals surface area contributed by atoms with Crippen molar-refractivity contribution in [2.75, 3.05) is 32.0 Å². The molecule has 1 aliphatic carbocycles. The Morgan fingerprint density at radius 2 is 2.09 bits per heavy atom. The molecule has 0 bridgehead atoms. The Morgan fingerprint density at radius 3 is 2.83 bits per heavy atom. The average Bonchev–Trinajstić information content (AvgIpc) is 3.38. The molecule has 1 saturated heterocycles. The lowest BCUT2D eigenvalue weighted by Crippen LogP contribution is -2.39. The lowest BCUT2D eigenvalue weighted by atomic mass is 9.98. The number of hydrogen-bond acceptors (Lipinski definition) is 3. The number of piperidine rings is 1. The summed E-state index contributed by atoms with van der Waals surface area (Å²) >= 11 is 0. The van der Waals surface area contributed by atoms with Gasteiger partial charge in [-0.1, -0.05) is 6.07 Å². The number of amides is 2. The number of likely N-dealkylation sites (tertiary alicyclic amines) is 1. The summed E-state index contributed by atoms with van der Waals surface area (Å²) in [6.07, 6.45) is 4.31. The van der Waals surface area contributed by atoms with Crippen molar-refractivity contribution in [2.45, 2.75) is 25.7 Å². The number of anilines is 1. The molecule has 2 aliphatic rings. The first-order valence-corrected chi connectivity index (χ1v) is 8.49. The third-order valence-electron chi connectivity index (χ3n) is 4.61. The van der Waals surface area contributed by atoms with Crippen molar-refractivity contribution < 1.29 is 9.59 Å². The zero-order valence-electron chi connectivity index (χ0n) is 13.7. The van der Waals surface area contributed by atoms with Gasteiger partial charge < -0.3 is 15.5 Å². The number of nitrogens with one attached hydrogen (secondary N) is 2. The molecule has 1 saturated carbocycles. The Labute approximate surface area is 137 Å². The van der Waals surface area contributed by atoms with E-state index in [9.17, 15) is 9.59 Å². The van der Waals surface area contributed by atoms with Crippen LogP contribution in [0.2, 0.25) is 0 Å². The predicted molar refractivity (Wildman–Crippen MR) is 90.3 cm³/mol. The molecule has 5 nitrogen and oxygen atoms in total. The SMILES string of the molecule is CN1CCC[C@@H](CNC(=O)c2cccc(NC(=O)C3CC3)c2)C1. The van der Waals surface area contributed by atoms with Crippen molar-refractivity contribution in [3.63, 3.8) is 0 Å². The highest BCUT2D eigenvalue weighted by Gasteiger charge is 2.29. The van der Waals surface area contributed by atoms with Gasteiger partial charge in [-0.15, -0.1) is 0 Å². The Kier molecular flexibility index (Phi) is 4.96. The summed E-state index contributed by atoms with van der Waals surface area (Å²) < 4.78 is 0. The smallest absolute Gasteiger partial charge is 0.251 e. The maximum absolute atomic E-state index is 12.3. The molecule has 1 atom stereocenters. The van der Waals surface area contributed by atoms with Crippen molar-refractivity contribution in [1.82, 2.24) is 10.2 Å². The molecule has 5 heteroatoms. The molecule has 1 aromatic rings. The van der Waals surface area contributed by atoms with Crippen LogP contribution < -0.4 is 10.6 Å².